The van der Waals surface area contributed by atoms with Gasteiger partial charge in [-0.05, 0) is 30.7 Å². The first-order valence-electron chi connectivity index (χ1n) is 5.91. The van der Waals surface area contributed by atoms with Gasteiger partial charge < -0.3 is 11.1 Å². The number of nitrogens with zero attached hydrogens (tertiary/aromatic N) is 1. The smallest absolute Gasteiger partial charge is 0.147 e. The van der Waals surface area contributed by atoms with Crippen molar-refractivity contribution in [3.63, 3.8) is 0 Å². The van der Waals surface area contributed by atoms with Crippen molar-refractivity contribution < 1.29 is 0 Å². The van der Waals surface area contributed by atoms with Gasteiger partial charge in [-0.1, -0.05) is 36.5 Å². The maximum Gasteiger partial charge on any atom is 0.147 e. The molecule has 3 nitrogen and oxygen atoms in total. The maximum absolute atomic E-state index is 6.05. The van der Waals surface area contributed by atoms with Gasteiger partial charge in [0.05, 0.1) is 10.0 Å². The number of aromatic nitrogens is 1. The van der Waals surface area contributed by atoms with Gasteiger partial charge in [0.25, 0.3) is 0 Å². The van der Waals surface area contributed by atoms with Crippen LogP contribution in [0.4, 0.5) is 11.6 Å². The van der Waals surface area contributed by atoms with E-state index in [0.717, 1.165) is 12.5 Å². The Hall–Kier alpha value is -0.670. The van der Waals surface area contributed by atoms with E-state index in [9.17, 15) is 0 Å². The Morgan fingerprint density at radius 2 is 2.18 bits per heavy atom. The molecule has 2 unspecified atom stereocenters. The average molecular weight is 274 g/mol. The summed E-state index contributed by atoms with van der Waals surface area (Å²) in [5, 5.41) is 4.18. The second kappa shape index (κ2) is 5.32. The highest BCUT2D eigenvalue weighted by molar-refractivity contribution is 6.37. The van der Waals surface area contributed by atoms with Gasteiger partial charge >= 0.3 is 0 Å². The fourth-order valence-electron chi connectivity index (χ4n) is 2.36. The maximum atomic E-state index is 6.05. The predicted octanol–water partition coefficient (Wildman–Crippen LogP) is 3.82. The molecule has 1 heterocycles. The number of nitrogens with one attached hydrogen (secondary N) is 1. The van der Waals surface area contributed by atoms with Gasteiger partial charge in [0.2, 0.25) is 0 Å². The molecule has 0 aromatic carbocycles. The summed E-state index contributed by atoms with van der Waals surface area (Å²) in [4.78, 5) is 4.16. The Bertz CT molecular complexity index is 409. The molecule has 1 aromatic heterocycles. The van der Waals surface area contributed by atoms with Crippen LogP contribution in [0.3, 0.4) is 0 Å². The number of pyridine rings is 1. The molecule has 0 bridgehead atoms. The molecule has 94 valence electrons. The number of anilines is 2. The minimum absolute atomic E-state index is 0.318. The normalized spacial score (nSPS) is 23.9. The highest BCUT2D eigenvalue weighted by Gasteiger charge is 2.21. The summed E-state index contributed by atoms with van der Waals surface area (Å²) < 4.78 is 0. The number of hydrogen-bond acceptors (Lipinski definition) is 3. The van der Waals surface area contributed by atoms with Crippen molar-refractivity contribution in [1.29, 1.82) is 0 Å². The highest BCUT2D eigenvalue weighted by atomic mass is 35.5. The van der Waals surface area contributed by atoms with E-state index < -0.39 is 0 Å². The summed E-state index contributed by atoms with van der Waals surface area (Å²) in [7, 11) is 0. The standard InChI is InChI=1S/C12H17Cl2N3/c1-7-2-3-8(4-7)6-16-12-10(14)5-9(13)11(15)17-12/h5,7-8H,2-4,6H2,1H3,(H3,15,16,17). The van der Waals surface area contributed by atoms with Crippen molar-refractivity contribution in [2.45, 2.75) is 26.2 Å². The van der Waals surface area contributed by atoms with Crippen molar-refractivity contribution in [2.24, 2.45) is 11.8 Å². The van der Waals surface area contributed by atoms with E-state index in [4.69, 9.17) is 28.9 Å². The Balaban J connectivity index is 1.97. The van der Waals surface area contributed by atoms with Gasteiger partial charge in [-0.3, -0.25) is 0 Å². The molecule has 3 N–H and O–H groups in total. The summed E-state index contributed by atoms with van der Waals surface area (Å²) in [5.41, 5.74) is 5.65. The average Bonchev–Trinajstić information content (AvgIpc) is 2.68. The largest absolute Gasteiger partial charge is 0.382 e. The molecule has 1 aliphatic carbocycles. The molecular formula is C12H17Cl2N3. The van der Waals surface area contributed by atoms with Gasteiger partial charge in [-0.2, -0.15) is 0 Å². The first kappa shape index (κ1) is 12.8. The molecule has 0 saturated heterocycles. The van der Waals surface area contributed by atoms with Gasteiger partial charge in [-0.25, -0.2) is 4.98 Å². The first-order chi connectivity index (χ1) is 8.06. The van der Waals surface area contributed by atoms with Crippen molar-refractivity contribution in [2.75, 3.05) is 17.6 Å². The first-order valence-corrected chi connectivity index (χ1v) is 6.67. The lowest BCUT2D eigenvalue weighted by Crippen LogP contribution is -2.13. The zero-order valence-corrected chi connectivity index (χ0v) is 11.4. The fraction of sp³-hybridized carbons (Fsp3) is 0.583. The second-order valence-corrected chi connectivity index (χ2v) is 5.67. The zero-order valence-electron chi connectivity index (χ0n) is 9.84. The molecule has 1 fully saturated rings. The number of nitrogens with two attached hydrogens (primary N) is 1. The second-order valence-electron chi connectivity index (χ2n) is 4.85. The molecule has 2 atom stereocenters. The SMILES string of the molecule is CC1CCC(CNc2nc(N)c(Cl)cc2Cl)C1. The molecule has 17 heavy (non-hydrogen) atoms. The van der Waals surface area contributed by atoms with E-state index in [1.54, 1.807) is 6.07 Å². The minimum atomic E-state index is 0.318. The molecule has 5 heteroatoms. The molecule has 2 rings (SSSR count). The van der Waals surface area contributed by atoms with Crippen LogP contribution in [0.2, 0.25) is 10.0 Å². The van der Waals surface area contributed by atoms with Crippen LogP contribution >= 0.6 is 23.2 Å². The molecule has 1 saturated carbocycles. The van der Waals surface area contributed by atoms with E-state index in [0.29, 0.717) is 27.6 Å². The van der Waals surface area contributed by atoms with Crippen LogP contribution in [0, 0.1) is 11.8 Å². The van der Waals surface area contributed by atoms with Crippen molar-refractivity contribution in [3.05, 3.63) is 16.1 Å². The molecule has 1 aromatic rings. The van der Waals surface area contributed by atoms with E-state index in [1.165, 1.54) is 19.3 Å². The summed E-state index contributed by atoms with van der Waals surface area (Å²) in [6, 6.07) is 1.63. The van der Waals surface area contributed by atoms with Crippen LogP contribution in [0.1, 0.15) is 26.2 Å². The minimum Gasteiger partial charge on any atom is -0.382 e. The number of nitrogen functional groups attached to an aromatic ring is 1. The summed E-state index contributed by atoms with van der Waals surface area (Å²) in [5.74, 6) is 2.49. The molecule has 0 radical (unpaired) electrons. The fourth-order valence-corrected chi connectivity index (χ4v) is 2.78. The van der Waals surface area contributed by atoms with Gasteiger partial charge in [0.1, 0.15) is 11.6 Å². The van der Waals surface area contributed by atoms with Crippen LogP contribution < -0.4 is 11.1 Å². The van der Waals surface area contributed by atoms with Crippen LogP contribution in [0.15, 0.2) is 6.07 Å². The van der Waals surface area contributed by atoms with Crippen LogP contribution in [0.25, 0.3) is 0 Å². The monoisotopic (exact) mass is 273 g/mol. The van der Waals surface area contributed by atoms with Gasteiger partial charge in [-0.15, -0.1) is 0 Å². The van der Waals surface area contributed by atoms with E-state index in [-0.39, 0.29) is 0 Å². The molecule has 0 spiro atoms. The Labute approximate surface area is 112 Å². The van der Waals surface area contributed by atoms with Crippen molar-refractivity contribution >= 4 is 34.8 Å². The number of halogens is 2. The van der Waals surface area contributed by atoms with Crippen molar-refractivity contribution in [3.8, 4) is 0 Å². The van der Waals surface area contributed by atoms with E-state index >= 15 is 0 Å². The lowest BCUT2D eigenvalue weighted by atomic mass is 10.1. The highest BCUT2D eigenvalue weighted by Crippen LogP contribution is 2.32. The summed E-state index contributed by atoms with van der Waals surface area (Å²) in [6.45, 7) is 3.20. The van der Waals surface area contributed by atoms with E-state index in [2.05, 4.69) is 17.2 Å². The van der Waals surface area contributed by atoms with Gasteiger partial charge in [0, 0.05) is 6.54 Å². The third-order valence-electron chi connectivity index (χ3n) is 3.32. The molecule has 0 amide bonds. The third-order valence-corrected chi connectivity index (χ3v) is 3.91. The Morgan fingerprint density at radius 3 is 2.82 bits per heavy atom. The predicted molar refractivity (Wildman–Crippen MR) is 73.7 cm³/mol. The number of hydrogen-bond donors (Lipinski definition) is 2. The van der Waals surface area contributed by atoms with E-state index in [1.807, 2.05) is 0 Å². The lowest BCUT2D eigenvalue weighted by molar-refractivity contribution is 0.536. The Morgan fingerprint density at radius 1 is 1.41 bits per heavy atom. The lowest BCUT2D eigenvalue weighted by Gasteiger charge is -2.13. The third kappa shape index (κ3) is 3.17. The summed E-state index contributed by atoms with van der Waals surface area (Å²) in [6.07, 6.45) is 3.86. The van der Waals surface area contributed by atoms with Crippen LogP contribution in [0.5, 0.6) is 0 Å². The zero-order chi connectivity index (χ0) is 12.4. The molecule has 0 aliphatic heterocycles. The van der Waals surface area contributed by atoms with Crippen LogP contribution in [-0.4, -0.2) is 11.5 Å². The summed E-state index contributed by atoms with van der Waals surface area (Å²) >= 11 is 11.9. The Kier molecular flexibility index (Phi) is 4.00. The number of rotatable bonds is 3. The quantitative estimate of drug-likeness (QED) is 0.881. The molecule has 1 aliphatic rings. The topological polar surface area (TPSA) is 50.9 Å². The van der Waals surface area contributed by atoms with Gasteiger partial charge in [0.15, 0.2) is 0 Å². The molecular weight excluding hydrogens is 257 g/mol. The van der Waals surface area contributed by atoms with Crippen molar-refractivity contribution in [1.82, 2.24) is 4.98 Å². The van der Waals surface area contributed by atoms with Crippen LogP contribution in [-0.2, 0) is 0 Å².